The van der Waals surface area contributed by atoms with Gasteiger partial charge in [0.05, 0.1) is 11.6 Å². The first-order valence-electron chi connectivity index (χ1n) is 5.51. The van der Waals surface area contributed by atoms with Crippen LogP contribution in [0.5, 0.6) is 0 Å². The molecule has 1 aromatic carbocycles. The van der Waals surface area contributed by atoms with Crippen LogP contribution >= 0.6 is 0 Å². The lowest BCUT2D eigenvalue weighted by atomic mass is 9.91. The molecule has 2 unspecified atom stereocenters. The van der Waals surface area contributed by atoms with Gasteiger partial charge in [-0.05, 0) is 11.6 Å². The average Bonchev–Trinajstić information content (AvgIpc) is 2.69. The molecule has 0 bridgehead atoms. The second kappa shape index (κ2) is 4.48. The van der Waals surface area contributed by atoms with Crippen LogP contribution in [0.15, 0.2) is 36.9 Å². The minimum absolute atomic E-state index is 0.165. The van der Waals surface area contributed by atoms with Crippen molar-refractivity contribution in [2.24, 2.45) is 0 Å². The van der Waals surface area contributed by atoms with E-state index in [4.69, 9.17) is 0 Å². The molecular weight excluding hydrogens is 243 g/mol. The zero-order valence-electron chi connectivity index (χ0n) is 9.50. The minimum atomic E-state index is -4.37. The summed E-state index contributed by atoms with van der Waals surface area (Å²) >= 11 is 0. The molecular formula is C13H12F3NO. The standard InChI is InChI=1S/C13H12F3NO/c1-2-11-10(7-12(18)17-11)8-4-3-5-9(6-8)13(14,15)16/h2-6,10-11H,1,7H2,(H,17,18). The van der Waals surface area contributed by atoms with Gasteiger partial charge in [-0.15, -0.1) is 6.58 Å². The molecule has 96 valence electrons. The van der Waals surface area contributed by atoms with Crippen LogP contribution in [0, 0.1) is 0 Å². The van der Waals surface area contributed by atoms with Gasteiger partial charge in [0.1, 0.15) is 0 Å². The van der Waals surface area contributed by atoms with Crippen molar-refractivity contribution in [3.05, 3.63) is 48.0 Å². The third-order valence-corrected chi connectivity index (χ3v) is 3.06. The van der Waals surface area contributed by atoms with E-state index in [1.165, 1.54) is 6.07 Å². The second-order valence-corrected chi connectivity index (χ2v) is 4.26. The molecule has 0 aromatic heterocycles. The molecule has 0 aliphatic carbocycles. The number of hydrogen-bond donors (Lipinski definition) is 1. The Hall–Kier alpha value is -1.78. The van der Waals surface area contributed by atoms with E-state index in [2.05, 4.69) is 11.9 Å². The molecule has 0 spiro atoms. The monoisotopic (exact) mass is 255 g/mol. The van der Waals surface area contributed by atoms with Crippen LogP contribution in [0.3, 0.4) is 0 Å². The maximum Gasteiger partial charge on any atom is 0.416 e. The Kier molecular flexibility index (Phi) is 3.15. The first-order chi connectivity index (χ1) is 8.41. The SMILES string of the molecule is C=CC1NC(=O)CC1c1cccc(C(F)(F)F)c1. The third-order valence-electron chi connectivity index (χ3n) is 3.06. The molecule has 2 rings (SSSR count). The number of nitrogens with one attached hydrogen (secondary N) is 1. The van der Waals surface area contributed by atoms with E-state index in [1.807, 2.05) is 0 Å². The molecule has 1 N–H and O–H groups in total. The van der Waals surface area contributed by atoms with E-state index in [0.717, 1.165) is 12.1 Å². The summed E-state index contributed by atoms with van der Waals surface area (Å²) in [6.07, 6.45) is -2.62. The normalized spacial score (nSPS) is 23.8. The highest BCUT2D eigenvalue weighted by Gasteiger charge is 2.34. The maximum atomic E-state index is 12.6. The molecule has 18 heavy (non-hydrogen) atoms. The van der Waals surface area contributed by atoms with Crippen LogP contribution in [0.25, 0.3) is 0 Å². The van der Waals surface area contributed by atoms with Gasteiger partial charge in [0.25, 0.3) is 0 Å². The van der Waals surface area contributed by atoms with Gasteiger partial charge in [-0.25, -0.2) is 0 Å². The summed E-state index contributed by atoms with van der Waals surface area (Å²) < 4.78 is 37.8. The summed E-state index contributed by atoms with van der Waals surface area (Å²) in [7, 11) is 0. The van der Waals surface area contributed by atoms with Gasteiger partial charge in [0.2, 0.25) is 5.91 Å². The predicted octanol–water partition coefficient (Wildman–Crippen LogP) is 2.86. The topological polar surface area (TPSA) is 29.1 Å². The zero-order chi connectivity index (χ0) is 13.3. The van der Waals surface area contributed by atoms with Gasteiger partial charge < -0.3 is 5.32 Å². The van der Waals surface area contributed by atoms with E-state index in [-0.39, 0.29) is 24.3 Å². The summed E-state index contributed by atoms with van der Waals surface area (Å²) in [6, 6.07) is 4.79. The van der Waals surface area contributed by atoms with Gasteiger partial charge in [0.15, 0.2) is 0 Å². The van der Waals surface area contributed by atoms with Crippen molar-refractivity contribution in [1.82, 2.24) is 5.32 Å². The number of carbonyl (C=O) groups is 1. The van der Waals surface area contributed by atoms with E-state index in [0.29, 0.717) is 5.56 Å². The number of hydrogen-bond acceptors (Lipinski definition) is 1. The Morgan fingerprint density at radius 3 is 2.72 bits per heavy atom. The number of rotatable bonds is 2. The van der Waals surface area contributed by atoms with Crippen molar-refractivity contribution < 1.29 is 18.0 Å². The molecule has 0 radical (unpaired) electrons. The smallest absolute Gasteiger partial charge is 0.349 e. The van der Waals surface area contributed by atoms with Crippen molar-refractivity contribution in [3.8, 4) is 0 Å². The van der Waals surface area contributed by atoms with Crippen molar-refractivity contribution in [1.29, 1.82) is 0 Å². The summed E-state index contributed by atoms with van der Waals surface area (Å²) in [6.45, 7) is 3.59. The number of carbonyl (C=O) groups excluding carboxylic acids is 1. The highest BCUT2D eigenvalue weighted by atomic mass is 19.4. The molecule has 2 nitrogen and oxygen atoms in total. The van der Waals surface area contributed by atoms with Crippen LogP contribution in [-0.2, 0) is 11.0 Å². The quantitative estimate of drug-likeness (QED) is 0.809. The molecule has 1 heterocycles. The molecule has 5 heteroatoms. The summed E-state index contributed by atoms with van der Waals surface area (Å²) in [4.78, 5) is 11.3. The van der Waals surface area contributed by atoms with Crippen molar-refractivity contribution >= 4 is 5.91 Å². The molecule has 1 saturated heterocycles. The Balaban J connectivity index is 2.34. The second-order valence-electron chi connectivity index (χ2n) is 4.26. The van der Waals surface area contributed by atoms with Crippen molar-refractivity contribution in [2.75, 3.05) is 0 Å². The maximum absolute atomic E-state index is 12.6. The van der Waals surface area contributed by atoms with Crippen molar-refractivity contribution in [3.63, 3.8) is 0 Å². The Labute approximate surface area is 102 Å². The lowest BCUT2D eigenvalue weighted by molar-refractivity contribution is -0.137. The average molecular weight is 255 g/mol. The predicted molar refractivity (Wildman–Crippen MR) is 60.9 cm³/mol. The molecule has 1 amide bonds. The fraction of sp³-hybridized carbons (Fsp3) is 0.308. The lowest BCUT2D eigenvalue weighted by Crippen LogP contribution is -2.25. The number of amides is 1. The van der Waals surface area contributed by atoms with E-state index >= 15 is 0 Å². The molecule has 1 fully saturated rings. The molecule has 1 aliphatic heterocycles. The number of alkyl halides is 3. The molecule has 1 aromatic rings. The fourth-order valence-corrected chi connectivity index (χ4v) is 2.17. The highest BCUT2D eigenvalue weighted by molar-refractivity contribution is 5.80. The largest absolute Gasteiger partial charge is 0.416 e. The van der Waals surface area contributed by atoms with Crippen LogP contribution in [0.2, 0.25) is 0 Å². The summed E-state index contributed by atoms with van der Waals surface area (Å²) in [5, 5.41) is 2.67. The Morgan fingerprint density at radius 2 is 2.11 bits per heavy atom. The van der Waals surface area contributed by atoms with Crippen molar-refractivity contribution in [2.45, 2.75) is 24.6 Å². The van der Waals surface area contributed by atoms with E-state index in [9.17, 15) is 18.0 Å². The first kappa shape index (κ1) is 12.7. The van der Waals surface area contributed by atoms with Gasteiger partial charge in [-0.1, -0.05) is 24.3 Å². The molecule has 0 saturated carbocycles. The minimum Gasteiger partial charge on any atom is -0.349 e. The van der Waals surface area contributed by atoms with Crippen LogP contribution in [0.1, 0.15) is 23.5 Å². The van der Waals surface area contributed by atoms with Gasteiger partial charge in [-0.2, -0.15) is 13.2 Å². The number of halogens is 3. The van der Waals surface area contributed by atoms with Gasteiger partial charge >= 0.3 is 6.18 Å². The summed E-state index contributed by atoms with van der Waals surface area (Å²) in [5.41, 5.74) is -0.185. The third kappa shape index (κ3) is 2.39. The summed E-state index contributed by atoms with van der Waals surface area (Å²) in [5.74, 6) is -0.445. The number of benzene rings is 1. The van der Waals surface area contributed by atoms with Crippen LogP contribution < -0.4 is 5.32 Å². The van der Waals surface area contributed by atoms with E-state index in [1.54, 1.807) is 12.1 Å². The zero-order valence-corrected chi connectivity index (χ0v) is 9.50. The molecule has 2 atom stereocenters. The van der Waals surface area contributed by atoms with Gasteiger partial charge in [-0.3, -0.25) is 4.79 Å². The lowest BCUT2D eigenvalue weighted by Gasteiger charge is -2.17. The Bertz CT molecular complexity index is 481. The highest BCUT2D eigenvalue weighted by Crippen LogP contribution is 2.34. The molecule has 1 aliphatic rings. The first-order valence-corrected chi connectivity index (χ1v) is 5.51. The van der Waals surface area contributed by atoms with E-state index < -0.39 is 11.7 Å². The van der Waals surface area contributed by atoms with Crippen LogP contribution in [0.4, 0.5) is 13.2 Å². The Morgan fingerprint density at radius 1 is 1.39 bits per heavy atom. The fourth-order valence-electron chi connectivity index (χ4n) is 2.17. The van der Waals surface area contributed by atoms with Gasteiger partial charge in [0, 0.05) is 12.3 Å². The van der Waals surface area contributed by atoms with Crippen LogP contribution in [-0.4, -0.2) is 11.9 Å².